The smallest absolute Gasteiger partial charge is 0.109 e. The molecule has 1 saturated heterocycles. The van der Waals surface area contributed by atoms with Crippen LogP contribution in [0.5, 0.6) is 0 Å². The first kappa shape index (κ1) is 16.5. The summed E-state index contributed by atoms with van der Waals surface area (Å²) < 4.78 is 0. The highest BCUT2D eigenvalue weighted by Crippen LogP contribution is 2.44. The number of hydrogen-bond donors (Lipinski definition) is 1. The Morgan fingerprint density at radius 1 is 1.14 bits per heavy atom. The monoisotopic (exact) mass is 292 g/mol. The van der Waals surface area contributed by atoms with Crippen molar-refractivity contribution in [1.82, 2.24) is 4.90 Å². The van der Waals surface area contributed by atoms with E-state index in [-0.39, 0.29) is 17.4 Å². The third-order valence-electron chi connectivity index (χ3n) is 4.55. The second-order valence-corrected chi connectivity index (χ2v) is 8.60. The van der Waals surface area contributed by atoms with Crippen LogP contribution in [0.3, 0.4) is 0 Å². The number of allylic oxidation sites excluding steroid dienone is 1. The summed E-state index contributed by atoms with van der Waals surface area (Å²) >= 11 is 0. The van der Waals surface area contributed by atoms with Crippen molar-refractivity contribution in [2.45, 2.75) is 67.3 Å². The van der Waals surface area contributed by atoms with Gasteiger partial charge in [0.2, 0.25) is 0 Å². The van der Waals surface area contributed by atoms with E-state index in [9.17, 15) is 5.11 Å². The molecule has 0 spiro atoms. The molecule has 0 bridgehead atoms. The Kier molecular flexibility index (Phi) is 4.27. The van der Waals surface area contributed by atoms with E-state index in [1.807, 2.05) is 0 Å². The molecule has 120 valence electrons. The van der Waals surface area contributed by atoms with Gasteiger partial charge >= 0.3 is 0 Å². The summed E-state index contributed by atoms with van der Waals surface area (Å²) in [6.07, 6.45) is 2.04. The Labute approximate surface area is 130 Å². The summed E-state index contributed by atoms with van der Waals surface area (Å²) in [5.41, 5.74) is 3.10. The van der Waals surface area contributed by atoms with E-state index in [2.05, 4.69) is 53.4 Å². The van der Waals surface area contributed by atoms with Gasteiger partial charge in [-0.15, -0.1) is 0 Å². The van der Waals surface area contributed by atoms with Crippen LogP contribution in [0.25, 0.3) is 0 Å². The lowest BCUT2D eigenvalue weighted by atomic mass is 9.77. The molecule has 0 unspecified atom stereocenters. The number of amidine groups is 1. The number of aliphatic hydroxyl groups is 1. The Morgan fingerprint density at radius 2 is 1.76 bits per heavy atom. The first-order valence-corrected chi connectivity index (χ1v) is 8.29. The maximum atomic E-state index is 9.63. The van der Waals surface area contributed by atoms with Gasteiger partial charge in [-0.05, 0) is 23.8 Å². The molecule has 2 aliphatic heterocycles. The minimum Gasteiger partial charge on any atom is -0.396 e. The molecule has 1 N–H and O–H groups in total. The SMILES string of the molecule is CC[C@H]1N=C(C(C)(C)C)N2C[C@H](CO)CC2=C1C(C)(C)C. The molecule has 21 heavy (non-hydrogen) atoms. The lowest BCUT2D eigenvalue weighted by Gasteiger charge is -2.42. The number of aliphatic imine (C=N–C) groups is 1. The maximum Gasteiger partial charge on any atom is 0.109 e. The minimum absolute atomic E-state index is 0.0480. The van der Waals surface area contributed by atoms with E-state index >= 15 is 0 Å². The highest BCUT2D eigenvalue weighted by atomic mass is 16.3. The Morgan fingerprint density at radius 3 is 2.19 bits per heavy atom. The second kappa shape index (κ2) is 5.42. The van der Waals surface area contributed by atoms with Crippen LogP contribution in [0, 0.1) is 16.7 Å². The zero-order valence-electron chi connectivity index (χ0n) is 14.8. The topological polar surface area (TPSA) is 35.8 Å². The number of aliphatic hydroxyl groups excluding tert-OH is 1. The van der Waals surface area contributed by atoms with E-state index in [1.54, 1.807) is 0 Å². The largest absolute Gasteiger partial charge is 0.396 e. The highest BCUT2D eigenvalue weighted by Gasteiger charge is 2.42. The van der Waals surface area contributed by atoms with Crippen LogP contribution in [0.4, 0.5) is 0 Å². The average molecular weight is 292 g/mol. The minimum atomic E-state index is 0.0480. The summed E-state index contributed by atoms with van der Waals surface area (Å²) in [6, 6.07) is 0.294. The third kappa shape index (κ3) is 3.03. The molecular weight excluding hydrogens is 260 g/mol. The molecule has 2 aliphatic rings. The molecule has 2 atom stereocenters. The molecule has 0 aliphatic carbocycles. The molecular formula is C18H32N2O. The predicted molar refractivity (Wildman–Crippen MR) is 89.3 cm³/mol. The average Bonchev–Trinajstić information content (AvgIpc) is 2.77. The molecule has 3 nitrogen and oxygen atoms in total. The fourth-order valence-corrected chi connectivity index (χ4v) is 3.71. The van der Waals surface area contributed by atoms with Crippen LogP contribution in [-0.2, 0) is 0 Å². The van der Waals surface area contributed by atoms with Gasteiger partial charge in [0.25, 0.3) is 0 Å². The standard InChI is InChI=1S/C18H32N2O/c1-8-13-15(17(2,3)4)14-9-12(11-21)10-20(14)16(19-13)18(5,6)7/h12-13,21H,8-11H2,1-7H3/t12-,13-/m1/s1. The Hall–Kier alpha value is -0.830. The lowest BCUT2D eigenvalue weighted by molar-refractivity contribution is 0.231. The van der Waals surface area contributed by atoms with E-state index in [4.69, 9.17) is 4.99 Å². The fraction of sp³-hybridized carbons (Fsp3) is 0.833. The first-order valence-electron chi connectivity index (χ1n) is 8.29. The van der Waals surface area contributed by atoms with Gasteiger partial charge in [0.05, 0.1) is 6.04 Å². The first-order chi connectivity index (χ1) is 9.59. The molecule has 2 rings (SSSR count). The van der Waals surface area contributed by atoms with Gasteiger partial charge in [-0.2, -0.15) is 0 Å². The van der Waals surface area contributed by atoms with Gasteiger partial charge in [0, 0.05) is 30.2 Å². The van der Waals surface area contributed by atoms with Crippen molar-refractivity contribution in [1.29, 1.82) is 0 Å². The molecule has 0 aromatic rings. The highest BCUT2D eigenvalue weighted by molar-refractivity contribution is 5.90. The molecule has 0 amide bonds. The Bertz CT molecular complexity index is 463. The summed E-state index contributed by atoms with van der Waals surface area (Å²) in [5, 5.41) is 9.63. The van der Waals surface area contributed by atoms with Crippen LogP contribution < -0.4 is 0 Å². The third-order valence-corrected chi connectivity index (χ3v) is 4.55. The van der Waals surface area contributed by atoms with Crippen molar-refractivity contribution in [2.24, 2.45) is 21.7 Å². The zero-order valence-corrected chi connectivity index (χ0v) is 14.8. The number of rotatable bonds is 2. The van der Waals surface area contributed by atoms with Crippen LogP contribution in [0.2, 0.25) is 0 Å². The van der Waals surface area contributed by atoms with E-state index in [1.165, 1.54) is 17.1 Å². The van der Waals surface area contributed by atoms with Crippen molar-refractivity contribution in [3.8, 4) is 0 Å². The number of nitrogens with zero attached hydrogens (tertiary/aromatic N) is 2. The number of hydrogen-bond acceptors (Lipinski definition) is 3. The van der Waals surface area contributed by atoms with Gasteiger partial charge in [-0.3, -0.25) is 4.99 Å². The van der Waals surface area contributed by atoms with Crippen LogP contribution >= 0.6 is 0 Å². The Balaban J connectivity index is 2.55. The summed E-state index contributed by atoms with van der Waals surface area (Å²) in [4.78, 5) is 7.54. The van der Waals surface area contributed by atoms with Gasteiger partial charge in [-0.1, -0.05) is 48.5 Å². The summed E-state index contributed by atoms with van der Waals surface area (Å²) in [5.74, 6) is 1.55. The second-order valence-electron chi connectivity index (χ2n) is 8.60. The zero-order chi connectivity index (χ0) is 16.0. The predicted octanol–water partition coefficient (Wildman–Crippen LogP) is 3.84. The molecule has 3 heteroatoms. The van der Waals surface area contributed by atoms with Crippen molar-refractivity contribution < 1.29 is 5.11 Å². The summed E-state index contributed by atoms with van der Waals surface area (Å²) in [6.45, 7) is 17.0. The quantitative estimate of drug-likeness (QED) is 0.839. The van der Waals surface area contributed by atoms with Gasteiger partial charge in [0.1, 0.15) is 5.84 Å². The molecule has 1 fully saturated rings. The van der Waals surface area contributed by atoms with Gasteiger partial charge in [0.15, 0.2) is 0 Å². The number of fused-ring (bicyclic) bond motifs is 1. The fourth-order valence-electron chi connectivity index (χ4n) is 3.71. The van der Waals surface area contributed by atoms with Crippen molar-refractivity contribution in [3.63, 3.8) is 0 Å². The summed E-state index contributed by atoms with van der Waals surface area (Å²) in [7, 11) is 0. The van der Waals surface area contributed by atoms with E-state index in [0.29, 0.717) is 12.0 Å². The molecule has 0 radical (unpaired) electrons. The maximum absolute atomic E-state index is 9.63. The van der Waals surface area contributed by atoms with E-state index in [0.717, 1.165) is 19.4 Å². The van der Waals surface area contributed by atoms with Crippen molar-refractivity contribution in [2.75, 3.05) is 13.2 Å². The van der Waals surface area contributed by atoms with Crippen LogP contribution in [0.1, 0.15) is 61.3 Å². The van der Waals surface area contributed by atoms with E-state index < -0.39 is 0 Å². The van der Waals surface area contributed by atoms with Crippen molar-refractivity contribution >= 4 is 5.84 Å². The molecule has 0 aromatic carbocycles. The van der Waals surface area contributed by atoms with Crippen LogP contribution in [0.15, 0.2) is 16.3 Å². The lowest BCUT2D eigenvalue weighted by Crippen LogP contribution is -2.44. The van der Waals surface area contributed by atoms with Crippen molar-refractivity contribution in [3.05, 3.63) is 11.3 Å². The van der Waals surface area contributed by atoms with Gasteiger partial charge < -0.3 is 10.0 Å². The van der Waals surface area contributed by atoms with Crippen LogP contribution in [-0.4, -0.2) is 35.0 Å². The normalized spacial score (nSPS) is 27.0. The molecule has 0 aromatic heterocycles. The van der Waals surface area contributed by atoms with Gasteiger partial charge in [-0.25, -0.2) is 0 Å². The molecule has 0 saturated carbocycles. The molecule has 2 heterocycles.